The topological polar surface area (TPSA) is 142 Å². The van der Waals surface area contributed by atoms with E-state index in [1.807, 2.05) is 6.07 Å². The van der Waals surface area contributed by atoms with E-state index in [0.29, 0.717) is 40.0 Å². The molecule has 3 aromatic rings. The maximum Gasteiger partial charge on any atom is 0.319 e. The normalized spacial score (nSPS) is 24.4. The van der Waals surface area contributed by atoms with E-state index >= 15 is 0 Å². The Morgan fingerprint density at radius 2 is 2.10 bits per heavy atom. The molecule has 2 saturated heterocycles. The van der Waals surface area contributed by atoms with Gasteiger partial charge in [0.15, 0.2) is 0 Å². The van der Waals surface area contributed by atoms with Gasteiger partial charge >= 0.3 is 6.01 Å². The van der Waals surface area contributed by atoms with Gasteiger partial charge in [0.05, 0.1) is 11.0 Å². The van der Waals surface area contributed by atoms with Crippen LogP contribution in [0.5, 0.6) is 6.01 Å². The second kappa shape index (κ2) is 11.0. The van der Waals surface area contributed by atoms with Crippen molar-refractivity contribution in [2.45, 2.75) is 69.9 Å². The van der Waals surface area contributed by atoms with Crippen LogP contribution in [-0.2, 0) is 11.8 Å². The van der Waals surface area contributed by atoms with Crippen molar-refractivity contribution in [2.24, 2.45) is 0 Å². The molecule has 0 radical (unpaired) electrons. The molecule has 40 heavy (non-hydrogen) atoms. The lowest BCUT2D eigenvalue weighted by molar-refractivity contribution is 0.112. The Hall–Kier alpha value is -3.27. The van der Waals surface area contributed by atoms with Crippen LogP contribution < -0.4 is 20.7 Å². The van der Waals surface area contributed by atoms with Crippen molar-refractivity contribution in [1.29, 1.82) is 5.26 Å². The maximum atomic E-state index is 9.86. The average molecular weight is 564 g/mol. The molecule has 0 amide bonds. The van der Waals surface area contributed by atoms with E-state index in [0.717, 1.165) is 87.5 Å². The van der Waals surface area contributed by atoms with Gasteiger partial charge in [-0.15, -0.1) is 11.3 Å². The van der Waals surface area contributed by atoms with Crippen LogP contribution in [-0.4, -0.2) is 76.9 Å². The molecule has 3 atom stereocenters. The molecule has 3 N–H and O–H groups in total. The molecular weight excluding hydrogens is 526 g/mol. The molecule has 5 heterocycles. The van der Waals surface area contributed by atoms with E-state index < -0.39 is 5.41 Å². The van der Waals surface area contributed by atoms with Crippen molar-refractivity contribution in [3.63, 3.8) is 0 Å². The molecule has 2 aliphatic heterocycles. The number of ether oxygens (including phenoxy) is 1. The van der Waals surface area contributed by atoms with E-state index in [-0.39, 0.29) is 6.10 Å². The number of nitrogen functional groups attached to an aromatic ring is 1. The summed E-state index contributed by atoms with van der Waals surface area (Å²) < 4.78 is 12.3. The summed E-state index contributed by atoms with van der Waals surface area (Å²) >= 11 is 1.49. The second-order valence-electron chi connectivity index (χ2n) is 11.4. The number of rotatable bonds is 6. The summed E-state index contributed by atoms with van der Waals surface area (Å²) in [6.07, 6.45) is 5.87. The fraction of sp³-hybridized carbons (Fsp3) is 0.607. The van der Waals surface area contributed by atoms with Crippen molar-refractivity contribution in [3.8, 4) is 23.6 Å². The van der Waals surface area contributed by atoms with Gasteiger partial charge in [-0.2, -0.15) is 20.2 Å². The molecule has 11 nitrogen and oxygen atoms in total. The van der Waals surface area contributed by atoms with Crippen LogP contribution in [0.2, 0.25) is 0 Å². The Balaban J connectivity index is 1.36. The third-order valence-electron chi connectivity index (χ3n) is 8.65. The van der Waals surface area contributed by atoms with Crippen LogP contribution in [0.1, 0.15) is 67.8 Å². The maximum absolute atomic E-state index is 9.86. The molecule has 1 aliphatic carbocycles. The number of hydrogen-bond donors (Lipinski definition) is 2. The minimum atomic E-state index is -0.592. The smallest absolute Gasteiger partial charge is 0.319 e. The molecule has 0 unspecified atom stereocenters. The van der Waals surface area contributed by atoms with Crippen LogP contribution >= 0.6 is 11.3 Å². The first-order valence-corrected chi connectivity index (χ1v) is 15.1. The van der Waals surface area contributed by atoms with E-state index in [1.54, 1.807) is 0 Å². The fourth-order valence-electron chi connectivity index (χ4n) is 6.45. The number of fused-ring (bicyclic) bond motifs is 1. The number of aromatic nitrogens is 4. The van der Waals surface area contributed by atoms with Crippen LogP contribution in [0.15, 0.2) is 10.6 Å². The Labute approximate surface area is 238 Å². The Morgan fingerprint density at radius 1 is 1.23 bits per heavy atom. The number of likely N-dealkylation sites (tertiary alicyclic amines) is 1. The number of nitrogens with one attached hydrogen (secondary N) is 1. The summed E-state index contributed by atoms with van der Waals surface area (Å²) in [7, 11) is 2.14. The predicted octanol–water partition coefficient (Wildman–Crippen LogP) is 3.35. The minimum absolute atomic E-state index is 0.0600. The summed E-state index contributed by atoms with van der Waals surface area (Å²) in [6.45, 7) is 8.82. The Morgan fingerprint density at radius 3 is 2.90 bits per heavy atom. The molecule has 0 bridgehead atoms. The monoisotopic (exact) mass is 563 g/mol. The van der Waals surface area contributed by atoms with E-state index in [2.05, 4.69) is 47.2 Å². The summed E-state index contributed by atoms with van der Waals surface area (Å²) in [4.78, 5) is 20.2. The van der Waals surface area contributed by atoms with Gasteiger partial charge in [-0.05, 0) is 72.5 Å². The molecule has 0 saturated carbocycles. The highest BCUT2D eigenvalue weighted by atomic mass is 32.1. The number of thiophene rings is 1. The van der Waals surface area contributed by atoms with Gasteiger partial charge in [0.2, 0.25) is 11.7 Å². The third-order valence-corrected chi connectivity index (χ3v) is 9.72. The highest BCUT2D eigenvalue weighted by Gasteiger charge is 2.43. The highest BCUT2D eigenvalue weighted by molar-refractivity contribution is 7.16. The first-order valence-electron chi connectivity index (χ1n) is 14.3. The zero-order valence-electron chi connectivity index (χ0n) is 23.4. The summed E-state index contributed by atoms with van der Waals surface area (Å²) in [5.74, 6) is 1.66. The largest absolute Gasteiger partial charge is 0.459 e. The molecule has 12 heteroatoms. The standard InChI is InChI=1S/C28H37N9O2S/c1-17(20-7-5-12-36(20)3)38-27-32-19(15-22(33-27)37-13-6-10-31-11-14-37)25-34-26(39-35-25)28(2)9-4-8-21-23(28)18(16-29)24(30)40-21/h15,17,20,31H,4-14,30H2,1-3H3/t17-,20-,28-/m0/s1. The molecular formula is C28H37N9O2S. The predicted molar refractivity (Wildman–Crippen MR) is 154 cm³/mol. The van der Waals surface area contributed by atoms with E-state index in [9.17, 15) is 5.26 Å². The van der Waals surface area contributed by atoms with Gasteiger partial charge in [0, 0.05) is 42.2 Å². The number of aryl methyl sites for hydroxylation is 1. The number of nitrogens with zero attached hydrogens (tertiary/aromatic N) is 7. The van der Waals surface area contributed by atoms with Gasteiger partial charge in [0.1, 0.15) is 28.7 Å². The minimum Gasteiger partial charge on any atom is -0.459 e. The van der Waals surface area contributed by atoms with Crippen LogP contribution in [0, 0.1) is 11.3 Å². The molecule has 0 spiro atoms. The summed E-state index contributed by atoms with van der Waals surface area (Å²) in [6, 6.07) is 4.89. The number of likely N-dealkylation sites (N-methyl/N-ethyl adjacent to an activating group) is 1. The SMILES string of the molecule is C[C@H](Oc1nc(-c2noc([C@@]3(C)CCCc4sc(N)c(C#N)c43)n2)cc(N2CCCNCC2)n1)[C@@H]1CCCN1C. The first-order chi connectivity index (χ1) is 19.4. The van der Waals surface area contributed by atoms with Gasteiger partial charge in [-0.3, -0.25) is 4.90 Å². The molecule has 3 aliphatic rings. The summed E-state index contributed by atoms with van der Waals surface area (Å²) in [5, 5.41) is 18.2. The molecule has 0 aromatic carbocycles. The lowest BCUT2D eigenvalue weighted by Gasteiger charge is -2.30. The zero-order chi connectivity index (χ0) is 27.9. The quantitative estimate of drug-likeness (QED) is 0.456. The zero-order valence-corrected chi connectivity index (χ0v) is 24.3. The highest BCUT2D eigenvalue weighted by Crippen LogP contribution is 2.48. The van der Waals surface area contributed by atoms with E-state index in [1.165, 1.54) is 11.3 Å². The van der Waals surface area contributed by atoms with Crippen molar-refractivity contribution in [3.05, 3.63) is 28.0 Å². The van der Waals surface area contributed by atoms with Crippen LogP contribution in [0.25, 0.3) is 11.5 Å². The third kappa shape index (κ3) is 4.91. The average Bonchev–Trinajstić information content (AvgIpc) is 3.62. The molecule has 2 fully saturated rings. The second-order valence-corrected chi connectivity index (χ2v) is 12.5. The Bertz CT molecular complexity index is 1410. The lowest BCUT2D eigenvalue weighted by atomic mass is 9.72. The van der Waals surface area contributed by atoms with Crippen molar-refractivity contribution in [1.82, 2.24) is 30.3 Å². The first kappa shape index (κ1) is 26.9. The number of nitriles is 1. The van der Waals surface area contributed by atoms with Gasteiger partial charge in [-0.1, -0.05) is 5.16 Å². The van der Waals surface area contributed by atoms with Crippen LogP contribution in [0.3, 0.4) is 0 Å². The molecule has 212 valence electrons. The van der Waals surface area contributed by atoms with Gasteiger partial charge in [0.25, 0.3) is 0 Å². The van der Waals surface area contributed by atoms with Gasteiger partial charge in [-0.25, -0.2) is 0 Å². The molecule has 6 rings (SSSR count). The summed E-state index contributed by atoms with van der Waals surface area (Å²) in [5.41, 5.74) is 7.65. The van der Waals surface area contributed by atoms with Crippen LogP contribution in [0.4, 0.5) is 10.8 Å². The number of hydrogen-bond acceptors (Lipinski definition) is 12. The molecule has 3 aromatic heterocycles. The number of nitrogens with two attached hydrogens (primary N) is 1. The van der Waals surface area contributed by atoms with E-state index in [4.69, 9.17) is 29.9 Å². The van der Waals surface area contributed by atoms with Crippen molar-refractivity contribution < 1.29 is 9.26 Å². The van der Waals surface area contributed by atoms with Crippen molar-refractivity contribution in [2.75, 3.05) is 50.4 Å². The van der Waals surface area contributed by atoms with Gasteiger partial charge < -0.3 is 25.2 Å². The fourth-order valence-corrected chi connectivity index (χ4v) is 7.64. The Kier molecular flexibility index (Phi) is 7.37. The number of anilines is 2. The van der Waals surface area contributed by atoms with Crippen molar-refractivity contribution >= 4 is 22.2 Å². The lowest BCUT2D eigenvalue weighted by Crippen LogP contribution is -2.38.